The van der Waals surface area contributed by atoms with Crippen LogP contribution in [0.1, 0.15) is 22.7 Å². The zero-order valence-corrected chi connectivity index (χ0v) is 17.6. The number of benzene rings is 2. The van der Waals surface area contributed by atoms with Crippen molar-refractivity contribution in [3.63, 3.8) is 0 Å². The topological polar surface area (TPSA) is 93.5 Å². The molecular weight excluding hydrogens is 402 g/mol. The molecule has 0 radical (unpaired) electrons. The SMILES string of the molecule is COC(=O)C1=C(CSc2nc3ccccc3o2)NC(=O)N[C@H]1c1cc(C)ccc1C. The van der Waals surface area contributed by atoms with Crippen molar-refractivity contribution in [1.29, 1.82) is 0 Å². The monoisotopic (exact) mass is 423 g/mol. The van der Waals surface area contributed by atoms with Crippen LogP contribution in [-0.4, -0.2) is 29.8 Å². The molecule has 4 rings (SSSR count). The zero-order chi connectivity index (χ0) is 21.3. The lowest BCUT2D eigenvalue weighted by Gasteiger charge is -2.30. The Hall–Kier alpha value is -3.26. The third-order valence-corrected chi connectivity index (χ3v) is 5.77. The molecule has 3 aromatic rings. The fraction of sp³-hybridized carbons (Fsp3) is 0.227. The van der Waals surface area contributed by atoms with E-state index < -0.39 is 12.0 Å². The van der Waals surface area contributed by atoms with Crippen LogP contribution < -0.4 is 10.6 Å². The molecule has 0 spiro atoms. The number of esters is 1. The lowest BCUT2D eigenvalue weighted by atomic mass is 9.91. The molecule has 0 fully saturated rings. The van der Waals surface area contributed by atoms with Crippen molar-refractivity contribution in [3.8, 4) is 0 Å². The fourth-order valence-corrected chi connectivity index (χ4v) is 4.24. The highest BCUT2D eigenvalue weighted by Gasteiger charge is 2.34. The minimum atomic E-state index is -0.606. The number of hydrogen-bond acceptors (Lipinski definition) is 6. The average Bonchev–Trinajstić information content (AvgIpc) is 3.16. The van der Waals surface area contributed by atoms with E-state index in [4.69, 9.17) is 9.15 Å². The first-order valence-electron chi connectivity index (χ1n) is 9.40. The van der Waals surface area contributed by atoms with Gasteiger partial charge >= 0.3 is 12.0 Å². The van der Waals surface area contributed by atoms with Crippen LogP contribution in [0.25, 0.3) is 11.1 Å². The molecule has 2 heterocycles. The van der Waals surface area contributed by atoms with Gasteiger partial charge in [0.05, 0.1) is 18.7 Å². The Morgan fingerprint density at radius 1 is 1.23 bits per heavy atom. The number of nitrogens with one attached hydrogen (secondary N) is 2. The lowest BCUT2D eigenvalue weighted by Crippen LogP contribution is -2.46. The summed E-state index contributed by atoms with van der Waals surface area (Å²) in [6, 6.07) is 12.4. The summed E-state index contributed by atoms with van der Waals surface area (Å²) in [5, 5.41) is 6.08. The number of hydrogen-bond donors (Lipinski definition) is 2. The third kappa shape index (κ3) is 3.91. The van der Waals surface area contributed by atoms with Gasteiger partial charge in [0.2, 0.25) is 0 Å². The molecular formula is C22H21N3O4S. The molecule has 2 aromatic carbocycles. The van der Waals surface area contributed by atoms with Crippen molar-refractivity contribution < 1.29 is 18.7 Å². The quantitative estimate of drug-likeness (QED) is 0.476. The Labute approximate surface area is 177 Å². The summed E-state index contributed by atoms with van der Waals surface area (Å²) in [6.07, 6.45) is 0. The van der Waals surface area contributed by atoms with Gasteiger partial charge in [-0.25, -0.2) is 14.6 Å². The van der Waals surface area contributed by atoms with Crippen LogP contribution in [0, 0.1) is 13.8 Å². The number of rotatable bonds is 5. The van der Waals surface area contributed by atoms with Crippen molar-refractivity contribution in [2.24, 2.45) is 0 Å². The van der Waals surface area contributed by atoms with Gasteiger partial charge in [-0.15, -0.1) is 0 Å². The molecule has 1 atom stereocenters. The van der Waals surface area contributed by atoms with Crippen molar-refractivity contribution in [2.75, 3.05) is 12.9 Å². The Balaban J connectivity index is 1.71. The number of aromatic nitrogens is 1. The number of urea groups is 1. The Bertz CT molecular complexity index is 1140. The maximum Gasteiger partial charge on any atom is 0.338 e. The van der Waals surface area contributed by atoms with E-state index in [1.165, 1.54) is 18.9 Å². The first kappa shape index (κ1) is 20.0. The highest BCUT2D eigenvalue weighted by molar-refractivity contribution is 7.99. The van der Waals surface area contributed by atoms with Gasteiger partial charge in [-0.05, 0) is 37.1 Å². The highest BCUT2D eigenvalue weighted by atomic mass is 32.2. The second-order valence-electron chi connectivity index (χ2n) is 7.01. The van der Waals surface area contributed by atoms with Gasteiger partial charge in [-0.2, -0.15) is 0 Å². The summed E-state index contributed by atoms with van der Waals surface area (Å²) in [7, 11) is 1.33. The number of nitrogens with zero attached hydrogens (tertiary/aromatic N) is 1. The second kappa shape index (κ2) is 8.23. The molecule has 0 saturated carbocycles. The van der Waals surface area contributed by atoms with Crippen molar-refractivity contribution in [3.05, 3.63) is 70.4 Å². The molecule has 7 nitrogen and oxygen atoms in total. The maximum atomic E-state index is 12.7. The number of oxazole rings is 1. The van der Waals surface area contributed by atoms with Crippen LogP contribution in [0.2, 0.25) is 0 Å². The second-order valence-corrected chi connectivity index (χ2v) is 7.94. The maximum absolute atomic E-state index is 12.7. The molecule has 0 bridgehead atoms. The average molecular weight is 423 g/mol. The van der Waals surface area contributed by atoms with Crippen LogP contribution in [0.15, 0.2) is 63.4 Å². The number of carbonyl (C=O) groups excluding carboxylic acids is 2. The predicted molar refractivity (Wildman–Crippen MR) is 114 cm³/mol. The zero-order valence-electron chi connectivity index (χ0n) is 16.8. The Morgan fingerprint density at radius 2 is 2.03 bits per heavy atom. The van der Waals surface area contributed by atoms with Crippen molar-refractivity contribution in [1.82, 2.24) is 15.6 Å². The minimum absolute atomic E-state index is 0.298. The largest absolute Gasteiger partial charge is 0.466 e. The Morgan fingerprint density at radius 3 is 2.80 bits per heavy atom. The molecule has 30 heavy (non-hydrogen) atoms. The van der Waals surface area contributed by atoms with Gasteiger partial charge in [0.25, 0.3) is 5.22 Å². The van der Waals surface area contributed by atoms with Crippen LogP contribution in [0.4, 0.5) is 4.79 Å². The number of thioether (sulfide) groups is 1. The smallest absolute Gasteiger partial charge is 0.338 e. The first-order chi connectivity index (χ1) is 14.5. The lowest BCUT2D eigenvalue weighted by molar-refractivity contribution is -0.136. The van der Waals surface area contributed by atoms with E-state index in [0.29, 0.717) is 27.8 Å². The number of methoxy groups -OCH3 is 1. The molecule has 2 amide bonds. The normalized spacial score (nSPS) is 16.4. The van der Waals surface area contributed by atoms with E-state index in [1.54, 1.807) is 0 Å². The van der Waals surface area contributed by atoms with Gasteiger partial charge in [0.1, 0.15) is 5.52 Å². The minimum Gasteiger partial charge on any atom is -0.466 e. The first-order valence-corrected chi connectivity index (χ1v) is 10.4. The number of carbonyl (C=O) groups is 2. The van der Waals surface area contributed by atoms with Crippen molar-refractivity contribution >= 4 is 34.9 Å². The summed E-state index contributed by atoms with van der Waals surface area (Å²) in [4.78, 5) is 29.5. The van der Waals surface area contributed by atoms with Crippen LogP contribution in [-0.2, 0) is 9.53 Å². The molecule has 1 aliphatic rings. The molecule has 8 heteroatoms. The molecule has 1 aliphatic heterocycles. The molecule has 2 N–H and O–H groups in total. The van der Waals surface area contributed by atoms with E-state index in [-0.39, 0.29) is 6.03 Å². The van der Waals surface area contributed by atoms with E-state index in [9.17, 15) is 9.59 Å². The van der Waals surface area contributed by atoms with Crippen LogP contribution >= 0.6 is 11.8 Å². The molecule has 154 valence electrons. The van der Waals surface area contributed by atoms with Crippen LogP contribution in [0.5, 0.6) is 0 Å². The number of ether oxygens (including phenoxy) is 1. The summed E-state index contributed by atoms with van der Waals surface area (Å²) in [5.41, 5.74) is 5.15. The number of fused-ring (bicyclic) bond motifs is 1. The summed E-state index contributed by atoms with van der Waals surface area (Å²) in [6.45, 7) is 3.92. The number of aryl methyl sites for hydroxylation is 2. The molecule has 0 unspecified atom stereocenters. The van der Waals surface area contributed by atoms with Gasteiger partial charge in [0, 0.05) is 11.4 Å². The molecule has 0 aliphatic carbocycles. The van der Waals surface area contributed by atoms with Gasteiger partial charge < -0.3 is 19.8 Å². The predicted octanol–water partition coefficient (Wildman–Crippen LogP) is 4.02. The van der Waals surface area contributed by atoms with Gasteiger partial charge in [0.15, 0.2) is 5.58 Å². The molecule has 0 saturated heterocycles. The third-order valence-electron chi connectivity index (χ3n) is 4.92. The highest BCUT2D eigenvalue weighted by Crippen LogP contribution is 2.33. The van der Waals surface area contributed by atoms with Crippen LogP contribution in [0.3, 0.4) is 0 Å². The van der Waals surface area contributed by atoms with E-state index in [1.807, 2.05) is 56.3 Å². The van der Waals surface area contributed by atoms with Crippen molar-refractivity contribution in [2.45, 2.75) is 25.1 Å². The van der Waals surface area contributed by atoms with E-state index in [0.717, 1.165) is 22.2 Å². The Kier molecular flexibility index (Phi) is 5.50. The standard InChI is InChI=1S/C22H21N3O4S/c1-12-8-9-13(2)14(10-12)19-18(20(26)28-3)16(23-21(27)25-19)11-30-22-24-15-6-4-5-7-17(15)29-22/h4-10,19H,11H2,1-3H3,(H2,23,25,27)/t19-/m0/s1. The molecule has 1 aromatic heterocycles. The summed E-state index contributed by atoms with van der Waals surface area (Å²) >= 11 is 1.31. The van der Waals surface area contributed by atoms with E-state index in [2.05, 4.69) is 15.6 Å². The number of para-hydroxylation sites is 2. The van der Waals surface area contributed by atoms with Gasteiger partial charge in [-0.1, -0.05) is 47.7 Å². The summed E-state index contributed by atoms with van der Waals surface area (Å²) < 4.78 is 10.8. The summed E-state index contributed by atoms with van der Waals surface area (Å²) in [5.74, 6) is -0.201. The fourth-order valence-electron chi connectivity index (χ4n) is 3.43. The van der Waals surface area contributed by atoms with E-state index >= 15 is 0 Å². The number of amides is 2. The van der Waals surface area contributed by atoms with Gasteiger partial charge in [-0.3, -0.25) is 0 Å².